The van der Waals surface area contributed by atoms with Crippen LogP contribution >= 0.6 is 11.8 Å². The molecule has 7 heteroatoms. The number of benzene rings is 1. The molecule has 2 heterocycles. The summed E-state index contributed by atoms with van der Waals surface area (Å²) >= 11 is 0.921. The van der Waals surface area contributed by atoms with Crippen molar-refractivity contribution in [1.29, 1.82) is 0 Å². The minimum Gasteiger partial charge on any atom is -0.365 e. The summed E-state index contributed by atoms with van der Waals surface area (Å²) < 4.78 is 5.65. The number of imide groups is 1. The van der Waals surface area contributed by atoms with Crippen LogP contribution in [0.3, 0.4) is 0 Å². The van der Waals surface area contributed by atoms with Crippen LogP contribution in [0.5, 0.6) is 0 Å². The Balaban J connectivity index is 1.52. The normalized spacial score (nSPS) is 18.4. The summed E-state index contributed by atoms with van der Waals surface area (Å²) in [6.45, 7) is 2.50. The Morgan fingerprint density at radius 1 is 1.20 bits per heavy atom. The molecule has 1 aliphatic rings. The van der Waals surface area contributed by atoms with E-state index in [1.54, 1.807) is 6.20 Å². The molecule has 1 aliphatic heterocycles. The number of carbonyl (C=O) groups is 2. The average Bonchev–Trinajstić information content (AvgIpc) is 2.89. The molecule has 3 rings (SSSR count). The van der Waals surface area contributed by atoms with Crippen LogP contribution in [0, 0.1) is 0 Å². The highest BCUT2D eigenvalue weighted by atomic mass is 32.2. The molecule has 1 N–H and O–H groups in total. The maximum atomic E-state index is 12.4. The van der Waals surface area contributed by atoms with Gasteiger partial charge in [0.25, 0.3) is 11.1 Å². The van der Waals surface area contributed by atoms with Gasteiger partial charge in [0.2, 0.25) is 0 Å². The van der Waals surface area contributed by atoms with Crippen molar-refractivity contribution < 1.29 is 14.3 Å². The van der Waals surface area contributed by atoms with E-state index in [0.29, 0.717) is 6.61 Å². The van der Waals surface area contributed by atoms with Crippen LogP contribution < -0.4 is 5.32 Å². The zero-order chi connectivity index (χ0) is 17.6. The second kappa shape index (κ2) is 8.13. The summed E-state index contributed by atoms with van der Waals surface area (Å²) in [7, 11) is 0. The molecule has 0 saturated carbocycles. The van der Waals surface area contributed by atoms with Gasteiger partial charge in [-0.05, 0) is 36.4 Å². The van der Waals surface area contributed by atoms with Crippen molar-refractivity contribution >= 4 is 28.7 Å². The second-order valence-corrected chi connectivity index (χ2v) is 6.73. The number of amides is 2. The molecule has 1 saturated heterocycles. The quantitative estimate of drug-likeness (QED) is 0.821. The lowest BCUT2D eigenvalue weighted by Gasteiger charge is -2.17. The highest BCUT2D eigenvalue weighted by Gasteiger charge is 2.40. The minimum atomic E-state index is -0.788. The van der Waals surface area contributed by atoms with Gasteiger partial charge in [-0.25, -0.2) is 4.98 Å². The first-order chi connectivity index (χ1) is 12.1. The first-order valence-electron chi connectivity index (χ1n) is 7.98. The van der Waals surface area contributed by atoms with Crippen molar-refractivity contribution in [3.63, 3.8) is 0 Å². The fourth-order valence-electron chi connectivity index (χ4n) is 2.41. The monoisotopic (exact) mass is 357 g/mol. The van der Waals surface area contributed by atoms with Gasteiger partial charge in [0, 0.05) is 12.2 Å². The lowest BCUT2D eigenvalue weighted by molar-refractivity contribution is -0.134. The Morgan fingerprint density at radius 3 is 2.68 bits per heavy atom. The third kappa shape index (κ3) is 4.58. The van der Waals surface area contributed by atoms with E-state index in [9.17, 15) is 9.59 Å². The van der Waals surface area contributed by atoms with E-state index in [4.69, 9.17) is 4.74 Å². The van der Waals surface area contributed by atoms with Gasteiger partial charge in [-0.1, -0.05) is 36.4 Å². The summed E-state index contributed by atoms with van der Waals surface area (Å²) in [5.41, 5.74) is 0.125. The number of carbonyl (C=O) groups excluding carboxylic acids is 2. The zero-order valence-electron chi connectivity index (χ0n) is 13.8. The third-order valence-corrected chi connectivity index (χ3v) is 4.61. The predicted octanol–water partition coefficient (Wildman–Crippen LogP) is 3.12. The Morgan fingerprint density at radius 2 is 1.96 bits per heavy atom. The molecule has 0 bridgehead atoms. The number of hydrogen-bond acceptors (Lipinski definition) is 6. The SMILES string of the molecule is CC(COC1SC(=O)N(Cc2ccccc2)C1=O)Nc1ccccn1. The van der Waals surface area contributed by atoms with Gasteiger partial charge in [-0.15, -0.1) is 0 Å². The lowest BCUT2D eigenvalue weighted by Crippen LogP contribution is -2.33. The molecule has 2 unspecified atom stereocenters. The number of pyridine rings is 1. The Bertz CT molecular complexity index is 727. The standard InChI is InChI=1S/C18H19N3O3S/c1-13(20-15-9-5-6-10-19-15)12-24-17-16(22)21(18(23)25-17)11-14-7-3-2-4-8-14/h2-10,13,17H,11-12H2,1H3,(H,19,20). The number of nitrogens with zero attached hydrogens (tertiary/aromatic N) is 2. The van der Waals surface area contributed by atoms with Crippen LogP contribution in [0.25, 0.3) is 0 Å². The number of thioether (sulfide) groups is 1. The van der Waals surface area contributed by atoms with Gasteiger partial charge in [-0.3, -0.25) is 14.5 Å². The number of hydrogen-bond donors (Lipinski definition) is 1. The smallest absolute Gasteiger partial charge is 0.291 e. The molecule has 130 valence electrons. The topological polar surface area (TPSA) is 71.5 Å². The van der Waals surface area contributed by atoms with Gasteiger partial charge in [-0.2, -0.15) is 0 Å². The van der Waals surface area contributed by atoms with Crippen molar-refractivity contribution in [3.05, 3.63) is 60.3 Å². The van der Waals surface area contributed by atoms with E-state index in [-0.39, 0.29) is 23.7 Å². The van der Waals surface area contributed by atoms with E-state index in [1.165, 1.54) is 4.90 Å². The maximum absolute atomic E-state index is 12.4. The zero-order valence-corrected chi connectivity index (χ0v) is 14.6. The van der Waals surface area contributed by atoms with Crippen LogP contribution in [0.4, 0.5) is 10.6 Å². The highest BCUT2D eigenvalue weighted by molar-refractivity contribution is 8.15. The molecule has 25 heavy (non-hydrogen) atoms. The van der Waals surface area contributed by atoms with Crippen molar-refractivity contribution in [2.24, 2.45) is 0 Å². The Labute approximate surface area is 150 Å². The fraction of sp³-hybridized carbons (Fsp3) is 0.278. The summed E-state index contributed by atoms with van der Waals surface area (Å²) in [5.74, 6) is 0.440. The van der Waals surface area contributed by atoms with Gasteiger partial charge in [0.1, 0.15) is 5.82 Å². The number of anilines is 1. The second-order valence-electron chi connectivity index (χ2n) is 5.72. The number of nitrogens with one attached hydrogen (secondary N) is 1. The largest absolute Gasteiger partial charge is 0.365 e. The summed E-state index contributed by atoms with van der Waals surface area (Å²) in [4.78, 5) is 29.9. The summed E-state index contributed by atoms with van der Waals surface area (Å²) in [6.07, 6.45) is 1.70. The van der Waals surface area contributed by atoms with Crippen molar-refractivity contribution in [2.45, 2.75) is 24.9 Å². The van der Waals surface area contributed by atoms with Crippen LogP contribution in [-0.2, 0) is 16.1 Å². The van der Waals surface area contributed by atoms with Crippen molar-refractivity contribution in [3.8, 4) is 0 Å². The molecular weight excluding hydrogens is 338 g/mol. The van der Waals surface area contributed by atoms with E-state index in [0.717, 1.165) is 23.1 Å². The summed E-state index contributed by atoms with van der Waals surface area (Å²) in [6, 6.07) is 15.0. The average molecular weight is 357 g/mol. The molecule has 2 aromatic rings. The first-order valence-corrected chi connectivity index (χ1v) is 8.86. The molecule has 2 atom stereocenters. The van der Waals surface area contributed by atoms with Crippen LogP contribution in [0.1, 0.15) is 12.5 Å². The molecule has 1 fully saturated rings. The molecule has 2 amide bonds. The molecule has 0 radical (unpaired) electrons. The van der Waals surface area contributed by atoms with E-state index < -0.39 is 5.44 Å². The number of rotatable bonds is 7. The highest BCUT2D eigenvalue weighted by Crippen LogP contribution is 2.29. The van der Waals surface area contributed by atoms with E-state index in [1.807, 2.05) is 55.5 Å². The maximum Gasteiger partial charge on any atom is 0.291 e. The molecule has 1 aromatic heterocycles. The molecule has 6 nitrogen and oxygen atoms in total. The van der Waals surface area contributed by atoms with Gasteiger partial charge in [0.15, 0.2) is 5.44 Å². The number of ether oxygens (including phenoxy) is 1. The lowest BCUT2D eigenvalue weighted by atomic mass is 10.2. The minimum absolute atomic E-state index is 0.0402. The van der Waals surface area contributed by atoms with Crippen LogP contribution in [-0.4, -0.2) is 39.1 Å². The Kier molecular flexibility index (Phi) is 5.67. The first kappa shape index (κ1) is 17.4. The van der Waals surface area contributed by atoms with E-state index in [2.05, 4.69) is 10.3 Å². The van der Waals surface area contributed by atoms with Crippen LogP contribution in [0.2, 0.25) is 0 Å². The Hall–Kier alpha value is -2.38. The van der Waals surface area contributed by atoms with Crippen molar-refractivity contribution in [1.82, 2.24) is 9.88 Å². The van der Waals surface area contributed by atoms with Crippen LogP contribution in [0.15, 0.2) is 54.7 Å². The molecular formula is C18H19N3O3S. The fourth-order valence-corrected chi connectivity index (χ4v) is 3.25. The van der Waals surface area contributed by atoms with Gasteiger partial charge >= 0.3 is 0 Å². The van der Waals surface area contributed by atoms with E-state index >= 15 is 0 Å². The van der Waals surface area contributed by atoms with Gasteiger partial charge in [0.05, 0.1) is 13.2 Å². The summed E-state index contributed by atoms with van der Waals surface area (Å²) in [5, 5.41) is 2.91. The molecule has 1 aromatic carbocycles. The molecule has 0 aliphatic carbocycles. The number of aromatic nitrogens is 1. The van der Waals surface area contributed by atoms with Gasteiger partial charge < -0.3 is 10.1 Å². The van der Waals surface area contributed by atoms with Crippen molar-refractivity contribution in [2.75, 3.05) is 11.9 Å². The predicted molar refractivity (Wildman–Crippen MR) is 97.0 cm³/mol. The molecule has 0 spiro atoms. The third-order valence-electron chi connectivity index (χ3n) is 3.64.